The summed E-state index contributed by atoms with van der Waals surface area (Å²) in [6.07, 6.45) is 3.79. The minimum Gasteiger partial charge on any atom is -0.306 e. The Bertz CT molecular complexity index is 294. The highest BCUT2D eigenvalue weighted by Gasteiger charge is 2.17. The van der Waals surface area contributed by atoms with E-state index in [0.717, 1.165) is 12.3 Å². The molecule has 1 aliphatic heterocycles. The molecule has 0 saturated carbocycles. The first-order valence-corrected chi connectivity index (χ1v) is 6.07. The van der Waals surface area contributed by atoms with Crippen molar-refractivity contribution in [3.05, 3.63) is 35.4 Å². The summed E-state index contributed by atoms with van der Waals surface area (Å²) < 4.78 is 0. The van der Waals surface area contributed by atoms with Gasteiger partial charge >= 0.3 is 0 Å². The third-order valence-corrected chi connectivity index (χ3v) is 3.58. The average Bonchev–Trinajstić information content (AvgIpc) is 2.30. The van der Waals surface area contributed by atoms with Crippen LogP contribution in [0.1, 0.15) is 36.8 Å². The van der Waals surface area contributed by atoms with E-state index in [-0.39, 0.29) is 0 Å². The molecule has 1 aromatic carbocycles. The van der Waals surface area contributed by atoms with Gasteiger partial charge in [0.2, 0.25) is 0 Å². The monoisotopic (exact) mass is 203 g/mol. The fraction of sp³-hybridized carbons (Fsp3) is 0.571. The van der Waals surface area contributed by atoms with Gasteiger partial charge in [-0.1, -0.05) is 31.2 Å². The fourth-order valence-corrected chi connectivity index (χ4v) is 2.37. The molecule has 1 aliphatic rings. The summed E-state index contributed by atoms with van der Waals surface area (Å²) in [4.78, 5) is 2.43. The highest BCUT2D eigenvalue weighted by Crippen LogP contribution is 2.27. The van der Waals surface area contributed by atoms with Crippen LogP contribution in [0.4, 0.5) is 0 Å². The van der Waals surface area contributed by atoms with E-state index in [0.29, 0.717) is 0 Å². The molecule has 0 aromatic heterocycles. The first kappa shape index (κ1) is 10.7. The smallest absolute Gasteiger partial charge is 0.00159 e. The summed E-state index contributed by atoms with van der Waals surface area (Å²) in [6.45, 7) is 4.71. The van der Waals surface area contributed by atoms with Gasteiger partial charge in [-0.05, 0) is 56.4 Å². The number of piperidine rings is 1. The van der Waals surface area contributed by atoms with E-state index in [9.17, 15) is 0 Å². The number of likely N-dealkylation sites (tertiary alicyclic amines) is 1. The van der Waals surface area contributed by atoms with Gasteiger partial charge in [0.25, 0.3) is 0 Å². The predicted molar refractivity (Wildman–Crippen MR) is 65.3 cm³/mol. The lowest BCUT2D eigenvalue weighted by Gasteiger charge is -2.29. The van der Waals surface area contributed by atoms with Crippen molar-refractivity contribution < 1.29 is 0 Å². The summed E-state index contributed by atoms with van der Waals surface area (Å²) in [7, 11) is 2.22. The second-order valence-electron chi connectivity index (χ2n) is 4.67. The van der Waals surface area contributed by atoms with Gasteiger partial charge in [-0.25, -0.2) is 0 Å². The zero-order chi connectivity index (χ0) is 10.7. The summed E-state index contributed by atoms with van der Waals surface area (Å²) in [6, 6.07) is 9.23. The van der Waals surface area contributed by atoms with Crippen LogP contribution in [0.15, 0.2) is 24.3 Å². The predicted octanol–water partition coefficient (Wildman–Crippen LogP) is 3.06. The SMILES string of the molecule is CCc1ccc(C2CCN(C)CC2)cc1. The minimum absolute atomic E-state index is 0.798. The van der Waals surface area contributed by atoms with Crippen molar-refractivity contribution in [2.24, 2.45) is 0 Å². The summed E-state index contributed by atoms with van der Waals surface area (Å²) in [5, 5.41) is 0. The van der Waals surface area contributed by atoms with E-state index >= 15 is 0 Å². The Morgan fingerprint density at radius 1 is 1.13 bits per heavy atom. The lowest BCUT2D eigenvalue weighted by molar-refractivity contribution is 0.255. The van der Waals surface area contributed by atoms with E-state index < -0.39 is 0 Å². The van der Waals surface area contributed by atoms with Crippen molar-refractivity contribution >= 4 is 0 Å². The van der Waals surface area contributed by atoms with Gasteiger partial charge in [-0.3, -0.25) is 0 Å². The van der Waals surface area contributed by atoms with Gasteiger partial charge in [0.1, 0.15) is 0 Å². The van der Waals surface area contributed by atoms with Crippen molar-refractivity contribution in [1.29, 1.82) is 0 Å². The van der Waals surface area contributed by atoms with Gasteiger partial charge < -0.3 is 4.90 Å². The maximum atomic E-state index is 2.43. The van der Waals surface area contributed by atoms with Gasteiger partial charge in [-0.2, -0.15) is 0 Å². The van der Waals surface area contributed by atoms with Crippen LogP contribution >= 0.6 is 0 Å². The second kappa shape index (κ2) is 4.80. The highest BCUT2D eigenvalue weighted by molar-refractivity contribution is 5.25. The Morgan fingerprint density at radius 3 is 2.27 bits per heavy atom. The van der Waals surface area contributed by atoms with Gasteiger partial charge in [0.15, 0.2) is 0 Å². The van der Waals surface area contributed by atoms with E-state index in [1.54, 1.807) is 5.56 Å². The molecule has 2 rings (SSSR count). The molecular weight excluding hydrogens is 182 g/mol. The molecule has 0 aliphatic carbocycles. The first-order chi connectivity index (χ1) is 7.29. The van der Waals surface area contributed by atoms with Crippen molar-refractivity contribution in [3.63, 3.8) is 0 Å². The molecule has 15 heavy (non-hydrogen) atoms. The summed E-state index contributed by atoms with van der Waals surface area (Å²) in [5.74, 6) is 0.798. The zero-order valence-electron chi connectivity index (χ0n) is 9.87. The van der Waals surface area contributed by atoms with E-state index in [1.807, 2.05) is 0 Å². The quantitative estimate of drug-likeness (QED) is 0.714. The van der Waals surface area contributed by atoms with Gasteiger partial charge in [0, 0.05) is 0 Å². The molecule has 1 heteroatoms. The van der Waals surface area contributed by atoms with Crippen LogP contribution in [0, 0.1) is 0 Å². The molecule has 0 amide bonds. The van der Waals surface area contributed by atoms with Crippen LogP contribution in [0.25, 0.3) is 0 Å². The number of hydrogen-bond acceptors (Lipinski definition) is 1. The third kappa shape index (κ3) is 2.60. The summed E-state index contributed by atoms with van der Waals surface area (Å²) >= 11 is 0. The summed E-state index contributed by atoms with van der Waals surface area (Å²) in [5.41, 5.74) is 2.99. The Morgan fingerprint density at radius 2 is 1.73 bits per heavy atom. The lowest BCUT2D eigenvalue weighted by atomic mass is 9.89. The maximum Gasteiger partial charge on any atom is -0.00159 e. The Labute approximate surface area is 93.1 Å². The van der Waals surface area contributed by atoms with Crippen LogP contribution in [0.5, 0.6) is 0 Å². The van der Waals surface area contributed by atoms with Crippen molar-refractivity contribution in [1.82, 2.24) is 4.90 Å². The number of aryl methyl sites for hydroxylation is 1. The van der Waals surface area contributed by atoms with Gasteiger partial charge in [-0.15, -0.1) is 0 Å². The van der Waals surface area contributed by atoms with Crippen LogP contribution < -0.4 is 0 Å². The number of nitrogens with zero attached hydrogens (tertiary/aromatic N) is 1. The van der Waals surface area contributed by atoms with Crippen LogP contribution in [0.2, 0.25) is 0 Å². The molecule has 1 saturated heterocycles. The van der Waals surface area contributed by atoms with Gasteiger partial charge in [0.05, 0.1) is 0 Å². The molecule has 1 nitrogen and oxygen atoms in total. The third-order valence-electron chi connectivity index (χ3n) is 3.58. The van der Waals surface area contributed by atoms with E-state index in [4.69, 9.17) is 0 Å². The Kier molecular flexibility index (Phi) is 3.42. The molecule has 0 N–H and O–H groups in total. The average molecular weight is 203 g/mol. The molecule has 0 radical (unpaired) electrons. The Hall–Kier alpha value is -0.820. The molecule has 0 bridgehead atoms. The van der Waals surface area contributed by atoms with Crippen molar-refractivity contribution in [2.45, 2.75) is 32.1 Å². The molecule has 0 atom stereocenters. The number of benzene rings is 1. The molecule has 82 valence electrons. The molecule has 1 heterocycles. The van der Waals surface area contributed by atoms with Crippen LogP contribution in [-0.2, 0) is 6.42 Å². The topological polar surface area (TPSA) is 3.24 Å². The van der Waals surface area contributed by atoms with Crippen LogP contribution in [-0.4, -0.2) is 25.0 Å². The molecule has 0 unspecified atom stereocenters. The lowest BCUT2D eigenvalue weighted by Crippen LogP contribution is -2.29. The van der Waals surface area contributed by atoms with Crippen LogP contribution in [0.3, 0.4) is 0 Å². The normalized spacial score (nSPS) is 19.3. The molecular formula is C14H21N. The maximum absolute atomic E-state index is 2.43. The number of hydrogen-bond donors (Lipinski definition) is 0. The minimum atomic E-state index is 0.798. The van der Waals surface area contributed by atoms with E-state index in [1.165, 1.54) is 31.5 Å². The van der Waals surface area contributed by atoms with E-state index in [2.05, 4.69) is 43.1 Å². The Balaban J connectivity index is 2.03. The fourth-order valence-electron chi connectivity index (χ4n) is 2.37. The second-order valence-corrected chi connectivity index (χ2v) is 4.67. The largest absolute Gasteiger partial charge is 0.306 e. The molecule has 1 aromatic rings. The molecule has 0 spiro atoms. The zero-order valence-corrected chi connectivity index (χ0v) is 9.87. The van der Waals surface area contributed by atoms with Crippen molar-refractivity contribution in [2.75, 3.05) is 20.1 Å². The van der Waals surface area contributed by atoms with Crippen molar-refractivity contribution in [3.8, 4) is 0 Å². The standard InChI is InChI=1S/C14H21N/c1-3-12-4-6-13(7-5-12)14-8-10-15(2)11-9-14/h4-7,14H,3,8-11H2,1-2H3. The first-order valence-electron chi connectivity index (χ1n) is 6.07. The molecule has 1 fully saturated rings. The number of rotatable bonds is 2. The highest BCUT2D eigenvalue weighted by atomic mass is 15.1.